The molecule has 3 heteroatoms. The van der Waals surface area contributed by atoms with Crippen LogP contribution < -0.4 is 11.5 Å². The zero-order valence-electron chi connectivity index (χ0n) is 7.57. The number of hydrogen-bond acceptors (Lipinski definition) is 2. The maximum atomic E-state index is 5.67. The molecule has 10 heavy (non-hydrogen) atoms. The molecule has 0 aliphatic carbocycles. The molecular weight excluding hydrogens is 140 g/mol. The van der Waals surface area contributed by atoms with Crippen molar-refractivity contribution in [3.8, 4) is 0 Å². The van der Waals surface area contributed by atoms with Gasteiger partial charge in [-0.25, -0.2) is 0 Å². The van der Waals surface area contributed by atoms with E-state index in [0.29, 0.717) is 0 Å². The minimum absolute atomic E-state index is 0.280. The molecule has 0 rings (SSSR count). The first kappa shape index (κ1) is 10.1. The van der Waals surface area contributed by atoms with Crippen molar-refractivity contribution in [3.05, 3.63) is 0 Å². The molecular formula is C7H20N2Si. The summed E-state index contributed by atoms with van der Waals surface area (Å²) in [6.45, 7) is 9.77. The van der Waals surface area contributed by atoms with Crippen molar-refractivity contribution in [1.29, 1.82) is 0 Å². The van der Waals surface area contributed by atoms with E-state index in [2.05, 4.69) is 26.9 Å². The van der Waals surface area contributed by atoms with Gasteiger partial charge in [0.25, 0.3) is 0 Å². The molecule has 0 bridgehead atoms. The summed E-state index contributed by atoms with van der Waals surface area (Å²) in [6, 6.07) is 0. The molecule has 0 spiro atoms. The predicted octanol–water partition coefficient (Wildman–Crippen LogP) is 0.932. The van der Waals surface area contributed by atoms with Crippen molar-refractivity contribution in [2.75, 3.05) is 12.7 Å². The highest BCUT2D eigenvalue weighted by atomic mass is 28.3. The van der Waals surface area contributed by atoms with Crippen LogP contribution in [0.4, 0.5) is 0 Å². The van der Waals surface area contributed by atoms with Crippen LogP contribution in [0.15, 0.2) is 0 Å². The molecule has 0 radical (unpaired) electrons. The second-order valence-corrected chi connectivity index (χ2v) is 9.71. The molecule has 0 atom stereocenters. The lowest BCUT2D eigenvalue weighted by Crippen LogP contribution is -2.49. The summed E-state index contributed by atoms with van der Waals surface area (Å²) in [5, 5.41) is 0.280. The van der Waals surface area contributed by atoms with E-state index in [1.165, 1.54) is 0 Å². The summed E-state index contributed by atoms with van der Waals surface area (Å²) in [6.07, 6.45) is 0.831. The van der Waals surface area contributed by atoms with E-state index < -0.39 is 8.07 Å². The van der Waals surface area contributed by atoms with E-state index in [0.717, 1.165) is 12.7 Å². The third-order valence-electron chi connectivity index (χ3n) is 2.85. The summed E-state index contributed by atoms with van der Waals surface area (Å²) < 4.78 is 0. The van der Waals surface area contributed by atoms with Gasteiger partial charge in [-0.3, -0.25) is 0 Å². The maximum Gasteiger partial charge on any atom is 0.0690 e. The van der Waals surface area contributed by atoms with Crippen LogP contribution in [0.25, 0.3) is 0 Å². The van der Waals surface area contributed by atoms with Gasteiger partial charge in [-0.15, -0.1) is 0 Å². The number of nitrogens with two attached hydrogens (primary N) is 2. The number of rotatable bonds is 3. The third kappa shape index (κ3) is 1.81. The number of hydrogen-bond donors (Lipinski definition) is 2. The molecule has 62 valence electrons. The zero-order valence-corrected chi connectivity index (χ0v) is 8.57. The van der Waals surface area contributed by atoms with E-state index in [9.17, 15) is 0 Å². The molecule has 0 heterocycles. The van der Waals surface area contributed by atoms with E-state index >= 15 is 0 Å². The molecule has 4 N–H and O–H groups in total. The molecule has 0 saturated heterocycles. The van der Waals surface area contributed by atoms with E-state index in [1.54, 1.807) is 0 Å². The topological polar surface area (TPSA) is 52.0 Å². The van der Waals surface area contributed by atoms with Gasteiger partial charge in [-0.2, -0.15) is 0 Å². The van der Waals surface area contributed by atoms with E-state index in [1.807, 2.05) is 0 Å². The molecule has 0 saturated carbocycles. The van der Waals surface area contributed by atoms with Crippen LogP contribution in [0.5, 0.6) is 0 Å². The normalized spacial score (nSPS) is 13.8. The quantitative estimate of drug-likeness (QED) is 0.604. The van der Waals surface area contributed by atoms with Crippen LogP contribution in [0.3, 0.4) is 0 Å². The first-order chi connectivity index (χ1) is 4.37. The fourth-order valence-electron chi connectivity index (χ4n) is 0.553. The minimum atomic E-state index is -1.25. The second-order valence-electron chi connectivity index (χ2n) is 4.18. The molecule has 0 aromatic heterocycles. The Morgan fingerprint density at radius 2 is 1.60 bits per heavy atom. The van der Waals surface area contributed by atoms with Crippen LogP contribution in [-0.4, -0.2) is 20.8 Å². The molecule has 0 aromatic carbocycles. The molecule has 0 aliphatic rings. The minimum Gasteiger partial charge on any atom is -0.333 e. The standard InChI is InChI=1S/C7H20N2Si/c1-7(2,5-8)10(3,4)6-9/h5-6,8-9H2,1-4H3. The summed E-state index contributed by atoms with van der Waals surface area (Å²) >= 11 is 0. The van der Waals surface area contributed by atoms with Crippen molar-refractivity contribution in [3.63, 3.8) is 0 Å². The van der Waals surface area contributed by atoms with Crippen molar-refractivity contribution in [2.45, 2.75) is 32.0 Å². The Bertz CT molecular complexity index is 96.2. The van der Waals surface area contributed by atoms with Crippen LogP contribution in [-0.2, 0) is 0 Å². The van der Waals surface area contributed by atoms with Gasteiger partial charge in [-0.05, 0) is 17.8 Å². The largest absolute Gasteiger partial charge is 0.333 e. The van der Waals surface area contributed by atoms with Crippen molar-refractivity contribution >= 4 is 8.07 Å². The van der Waals surface area contributed by atoms with Gasteiger partial charge in [0.2, 0.25) is 0 Å². The second kappa shape index (κ2) is 3.03. The third-order valence-corrected chi connectivity index (χ3v) is 7.74. The first-order valence-electron chi connectivity index (χ1n) is 3.77. The van der Waals surface area contributed by atoms with Crippen molar-refractivity contribution in [1.82, 2.24) is 0 Å². The van der Waals surface area contributed by atoms with Crippen molar-refractivity contribution in [2.24, 2.45) is 11.5 Å². The SMILES string of the molecule is CC(C)(CN)[Si](C)(C)CN. The Balaban J connectivity index is 4.28. The highest BCUT2D eigenvalue weighted by Crippen LogP contribution is 2.34. The lowest BCUT2D eigenvalue weighted by molar-refractivity contribution is 0.651. The monoisotopic (exact) mass is 160 g/mol. The van der Waals surface area contributed by atoms with Gasteiger partial charge in [0.15, 0.2) is 0 Å². The Morgan fingerprint density at radius 3 is 1.70 bits per heavy atom. The van der Waals surface area contributed by atoms with Gasteiger partial charge < -0.3 is 11.5 Å². The summed E-state index contributed by atoms with van der Waals surface area (Å²) in [4.78, 5) is 0. The predicted molar refractivity (Wildman–Crippen MR) is 49.6 cm³/mol. The van der Waals surface area contributed by atoms with Gasteiger partial charge >= 0.3 is 0 Å². The van der Waals surface area contributed by atoms with Gasteiger partial charge in [0.05, 0.1) is 8.07 Å². The van der Waals surface area contributed by atoms with Crippen LogP contribution in [0.1, 0.15) is 13.8 Å². The fraction of sp³-hybridized carbons (Fsp3) is 1.00. The zero-order chi connectivity index (χ0) is 8.41. The first-order valence-corrected chi connectivity index (χ1v) is 6.98. The Hall–Kier alpha value is 0.137. The summed E-state index contributed by atoms with van der Waals surface area (Å²) in [5.41, 5.74) is 11.3. The van der Waals surface area contributed by atoms with Crippen molar-refractivity contribution < 1.29 is 0 Å². The molecule has 0 aliphatic heterocycles. The maximum absolute atomic E-state index is 5.67. The van der Waals surface area contributed by atoms with Crippen LogP contribution >= 0.6 is 0 Å². The fourth-order valence-corrected chi connectivity index (χ4v) is 1.66. The summed E-state index contributed by atoms with van der Waals surface area (Å²) in [5.74, 6) is 0. The van der Waals surface area contributed by atoms with Gasteiger partial charge in [0.1, 0.15) is 0 Å². The highest BCUT2D eigenvalue weighted by Gasteiger charge is 2.36. The van der Waals surface area contributed by atoms with Crippen LogP contribution in [0.2, 0.25) is 18.1 Å². The lowest BCUT2D eigenvalue weighted by atomic mass is 10.2. The summed E-state index contributed by atoms with van der Waals surface area (Å²) in [7, 11) is -1.25. The molecule has 0 fully saturated rings. The van der Waals surface area contributed by atoms with E-state index in [4.69, 9.17) is 11.5 Å². The Kier molecular flexibility index (Phi) is 3.07. The highest BCUT2D eigenvalue weighted by molar-refractivity contribution is 6.80. The van der Waals surface area contributed by atoms with Gasteiger partial charge in [0, 0.05) is 0 Å². The van der Waals surface area contributed by atoms with Crippen LogP contribution in [0, 0.1) is 0 Å². The van der Waals surface area contributed by atoms with E-state index in [-0.39, 0.29) is 5.04 Å². The van der Waals surface area contributed by atoms with Gasteiger partial charge in [-0.1, -0.05) is 26.9 Å². The Morgan fingerprint density at radius 1 is 1.20 bits per heavy atom. The smallest absolute Gasteiger partial charge is 0.0690 e. The molecule has 2 nitrogen and oxygen atoms in total. The lowest BCUT2D eigenvalue weighted by Gasteiger charge is -2.38. The molecule has 0 aromatic rings. The average molecular weight is 160 g/mol. The average Bonchev–Trinajstić information content (AvgIpc) is 1.88. The molecule has 0 unspecified atom stereocenters. The Labute approximate surface area is 65.0 Å². The molecule has 0 amide bonds.